The van der Waals surface area contributed by atoms with E-state index in [0.717, 1.165) is 12.0 Å². The molecule has 0 radical (unpaired) electrons. The van der Waals surface area contributed by atoms with Gasteiger partial charge in [-0.05, 0) is 24.1 Å². The zero-order chi connectivity index (χ0) is 8.97. The minimum atomic E-state index is 0.142. The zero-order valence-corrected chi connectivity index (χ0v) is 7.08. The third-order valence-electron chi connectivity index (χ3n) is 1.69. The van der Waals surface area contributed by atoms with Gasteiger partial charge in [0.25, 0.3) is 0 Å². The van der Waals surface area contributed by atoms with Gasteiger partial charge in [-0.15, -0.1) is 0 Å². The molecule has 1 aromatic rings. The number of anilines is 1. The maximum Gasteiger partial charge on any atom is 0.138 e. The van der Waals surface area contributed by atoms with E-state index < -0.39 is 0 Å². The van der Waals surface area contributed by atoms with Gasteiger partial charge in [-0.25, -0.2) is 0 Å². The van der Waals surface area contributed by atoms with Crippen LogP contribution in [0.3, 0.4) is 0 Å². The van der Waals surface area contributed by atoms with Crippen molar-refractivity contribution in [1.29, 1.82) is 0 Å². The molecule has 0 aliphatic heterocycles. The van der Waals surface area contributed by atoms with Crippen molar-refractivity contribution >= 4 is 5.69 Å². The number of benzene rings is 1. The number of phenolic OH excluding ortho intramolecular Hbond substituents is 1. The molecule has 3 N–H and O–H groups in total. The van der Waals surface area contributed by atoms with E-state index in [-0.39, 0.29) is 5.75 Å². The summed E-state index contributed by atoms with van der Waals surface area (Å²) in [5.41, 5.74) is 6.88. The Bertz CT molecular complexity index is 261. The van der Waals surface area contributed by atoms with Crippen LogP contribution >= 0.6 is 0 Å². The standard InChI is InChI=1S/C9H13NO2/c1-12-5-4-7-2-3-8(10)9(11)6-7/h2-3,6,11H,4-5,10H2,1H3. The Kier molecular flexibility index (Phi) is 2.94. The normalized spacial score (nSPS) is 10.1. The predicted octanol–water partition coefficient (Wildman–Crippen LogP) is 1.16. The highest BCUT2D eigenvalue weighted by Crippen LogP contribution is 2.20. The third-order valence-corrected chi connectivity index (χ3v) is 1.69. The second kappa shape index (κ2) is 3.97. The van der Waals surface area contributed by atoms with Crippen LogP contribution in [0.4, 0.5) is 5.69 Å². The lowest BCUT2D eigenvalue weighted by molar-refractivity contribution is 0.202. The number of nitrogens with two attached hydrogens (primary N) is 1. The first-order valence-electron chi connectivity index (χ1n) is 3.80. The van der Waals surface area contributed by atoms with Crippen LogP contribution in [0.1, 0.15) is 5.56 Å². The van der Waals surface area contributed by atoms with E-state index in [9.17, 15) is 5.11 Å². The van der Waals surface area contributed by atoms with Gasteiger partial charge in [-0.3, -0.25) is 0 Å². The summed E-state index contributed by atoms with van der Waals surface area (Å²) >= 11 is 0. The molecule has 0 aliphatic rings. The summed E-state index contributed by atoms with van der Waals surface area (Å²) < 4.78 is 4.90. The van der Waals surface area contributed by atoms with Crippen LogP contribution < -0.4 is 5.73 Å². The Hall–Kier alpha value is -1.22. The molecular weight excluding hydrogens is 154 g/mol. The Morgan fingerprint density at radius 1 is 1.50 bits per heavy atom. The Morgan fingerprint density at radius 2 is 2.25 bits per heavy atom. The van der Waals surface area contributed by atoms with Crippen molar-refractivity contribution in [3.05, 3.63) is 23.8 Å². The second-order valence-electron chi connectivity index (χ2n) is 2.64. The highest BCUT2D eigenvalue weighted by molar-refractivity contribution is 5.52. The fourth-order valence-electron chi connectivity index (χ4n) is 0.965. The number of nitrogen functional groups attached to an aromatic ring is 1. The van der Waals surface area contributed by atoms with E-state index in [0.29, 0.717) is 12.3 Å². The van der Waals surface area contributed by atoms with Gasteiger partial charge < -0.3 is 15.6 Å². The molecule has 0 aromatic heterocycles. The van der Waals surface area contributed by atoms with Gasteiger partial charge >= 0.3 is 0 Å². The molecule has 3 nitrogen and oxygen atoms in total. The van der Waals surface area contributed by atoms with E-state index in [1.807, 2.05) is 6.07 Å². The monoisotopic (exact) mass is 167 g/mol. The lowest BCUT2D eigenvalue weighted by Crippen LogP contribution is -1.95. The van der Waals surface area contributed by atoms with E-state index >= 15 is 0 Å². The Balaban J connectivity index is 2.69. The maximum absolute atomic E-state index is 9.23. The molecule has 3 heteroatoms. The number of rotatable bonds is 3. The van der Waals surface area contributed by atoms with Crippen molar-refractivity contribution in [2.24, 2.45) is 0 Å². The molecule has 0 amide bonds. The first-order valence-corrected chi connectivity index (χ1v) is 3.80. The van der Waals surface area contributed by atoms with Crippen LogP contribution in [0, 0.1) is 0 Å². The molecule has 0 aliphatic carbocycles. The molecule has 0 unspecified atom stereocenters. The quantitative estimate of drug-likeness (QED) is 0.524. The maximum atomic E-state index is 9.23. The molecular formula is C9H13NO2. The molecule has 0 bridgehead atoms. The van der Waals surface area contributed by atoms with Crippen LogP contribution in [0.2, 0.25) is 0 Å². The number of hydrogen-bond donors (Lipinski definition) is 2. The first-order chi connectivity index (χ1) is 5.74. The summed E-state index contributed by atoms with van der Waals surface area (Å²) in [6, 6.07) is 5.24. The summed E-state index contributed by atoms with van der Waals surface area (Å²) in [5.74, 6) is 0.142. The average molecular weight is 167 g/mol. The van der Waals surface area contributed by atoms with Crippen LogP contribution in [0.15, 0.2) is 18.2 Å². The molecule has 0 saturated carbocycles. The SMILES string of the molecule is COCCc1ccc(N)c(O)c1. The largest absolute Gasteiger partial charge is 0.506 e. The van der Waals surface area contributed by atoms with Gasteiger partial charge in [-0.1, -0.05) is 6.07 Å². The topological polar surface area (TPSA) is 55.5 Å². The van der Waals surface area contributed by atoms with Gasteiger partial charge in [0.15, 0.2) is 0 Å². The number of hydrogen-bond acceptors (Lipinski definition) is 3. The van der Waals surface area contributed by atoms with Crippen molar-refractivity contribution in [2.45, 2.75) is 6.42 Å². The fraction of sp³-hybridized carbons (Fsp3) is 0.333. The second-order valence-corrected chi connectivity index (χ2v) is 2.64. The predicted molar refractivity (Wildman–Crippen MR) is 48.1 cm³/mol. The third kappa shape index (κ3) is 2.13. The highest BCUT2D eigenvalue weighted by atomic mass is 16.5. The zero-order valence-electron chi connectivity index (χ0n) is 7.08. The van der Waals surface area contributed by atoms with Gasteiger partial charge in [0.1, 0.15) is 5.75 Å². The number of phenols is 1. The molecule has 0 spiro atoms. The minimum Gasteiger partial charge on any atom is -0.506 e. The summed E-state index contributed by atoms with van der Waals surface area (Å²) in [6.45, 7) is 0.656. The van der Waals surface area contributed by atoms with Gasteiger partial charge in [0, 0.05) is 7.11 Å². The molecule has 66 valence electrons. The van der Waals surface area contributed by atoms with Gasteiger partial charge in [-0.2, -0.15) is 0 Å². The van der Waals surface area contributed by atoms with E-state index in [2.05, 4.69) is 0 Å². The van der Waals surface area contributed by atoms with Crippen molar-refractivity contribution in [3.63, 3.8) is 0 Å². The summed E-state index contributed by atoms with van der Waals surface area (Å²) in [4.78, 5) is 0. The van der Waals surface area contributed by atoms with Crippen molar-refractivity contribution in [3.8, 4) is 5.75 Å². The molecule has 0 saturated heterocycles. The smallest absolute Gasteiger partial charge is 0.138 e. The van der Waals surface area contributed by atoms with Crippen LogP contribution in [0.5, 0.6) is 5.75 Å². The summed E-state index contributed by atoms with van der Waals surface area (Å²) in [5, 5.41) is 9.23. The first kappa shape index (κ1) is 8.87. The van der Waals surface area contributed by atoms with Gasteiger partial charge in [0.05, 0.1) is 12.3 Å². The Morgan fingerprint density at radius 3 is 2.83 bits per heavy atom. The van der Waals surface area contributed by atoms with Crippen LogP contribution in [-0.4, -0.2) is 18.8 Å². The molecule has 1 rings (SSSR count). The van der Waals surface area contributed by atoms with Gasteiger partial charge in [0.2, 0.25) is 0 Å². The number of aromatic hydroxyl groups is 1. The number of ether oxygens (including phenoxy) is 1. The molecule has 0 fully saturated rings. The Labute approximate surface area is 71.8 Å². The molecule has 0 atom stereocenters. The average Bonchev–Trinajstić information content (AvgIpc) is 2.07. The fourth-order valence-corrected chi connectivity index (χ4v) is 0.965. The van der Waals surface area contributed by atoms with Crippen molar-refractivity contribution in [2.75, 3.05) is 19.5 Å². The summed E-state index contributed by atoms with van der Waals surface area (Å²) in [7, 11) is 1.65. The van der Waals surface area contributed by atoms with Crippen molar-refractivity contribution in [1.82, 2.24) is 0 Å². The highest BCUT2D eigenvalue weighted by Gasteiger charge is 1.97. The summed E-state index contributed by atoms with van der Waals surface area (Å²) in [6.07, 6.45) is 0.796. The van der Waals surface area contributed by atoms with Crippen molar-refractivity contribution < 1.29 is 9.84 Å². The van der Waals surface area contributed by atoms with Crippen LogP contribution in [0.25, 0.3) is 0 Å². The van der Waals surface area contributed by atoms with E-state index in [1.165, 1.54) is 0 Å². The van der Waals surface area contributed by atoms with Crippen LogP contribution in [-0.2, 0) is 11.2 Å². The molecule has 0 heterocycles. The van der Waals surface area contributed by atoms with E-state index in [4.69, 9.17) is 10.5 Å². The number of methoxy groups -OCH3 is 1. The van der Waals surface area contributed by atoms with E-state index in [1.54, 1.807) is 19.2 Å². The minimum absolute atomic E-state index is 0.142. The molecule has 1 aromatic carbocycles. The lowest BCUT2D eigenvalue weighted by Gasteiger charge is -2.02. The lowest BCUT2D eigenvalue weighted by atomic mass is 10.1. The molecule has 12 heavy (non-hydrogen) atoms.